The van der Waals surface area contributed by atoms with Crippen LogP contribution < -0.4 is 16.5 Å². The third-order valence-electron chi connectivity index (χ3n) is 5.84. The zero-order valence-electron chi connectivity index (χ0n) is 17.1. The van der Waals surface area contributed by atoms with Crippen LogP contribution in [-0.2, 0) is 25.7 Å². The highest BCUT2D eigenvalue weighted by Crippen LogP contribution is 2.35. The molecule has 0 aliphatic carbocycles. The highest BCUT2D eigenvalue weighted by Gasteiger charge is 2.40. The van der Waals surface area contributed by atoms with Crippen LogP contribution in [-0.4, -0.2) is 45.7 Å². The molecule has 2 heterocycles. The first-order chi connectivity index (χ1) is 14.8. The van der Waals surface area contributed by atoms with Gasteiger partial charge in [-0.05, 0) is 36.5 Å². The van der Waals surface area contributed by atoms with Crippen molar-refractivity contribution in [2.24, 2.45) is 5.73 Å². The van der Waals surface area contributed by atoms with Crippen molar-refractivity contribution in [2.45, 2.75) is 63.5 Å². The van der Waals surface area contributed by atoms with Crippen LogP contribution in [0.25, 0.3) is 0 Å². The largest absolute Gasteiger partial charge is 0.370 e. The summed E-state index contributed by atoms with van der Waals surface area (Å²) < 4.78 is 0. The van der Waals surface area contributed by atoms with Crippen molar-refractivity contribution in [3.8, 4) is 0 Å². The number of nitrogens with one attached hydrogen (secondary N) is 2. The molecule has 0 spiro atoms. The van der Waals surface area contributed by atoms with E-state index >= 15 is 0 Å². The summed E-state index contributed by atoms with van der Waals surface area (Å²) in [6, 6.07) is 4.31. The highest BCUT2D eigenvalue weighted by molar-refractivity contribution is 6.05. The Balaban J connectivity index is 1.79. The van der Waals surface area contributed by atoms with E-state index in [9.17, 15) is 29.2 Å². The monoisotopic (exact) mass is 430 g/mol. The third-order valence-corrected chi connectivity index (χ3v) is 5.84. The number of benzene rings is 1. The van der Waals surface area contributed by atoms with E-state index in [-0.39, 0.29) is 43.5 Å². The smallest absolute Gasteiger partial charge is 0.255 e. The molecule has 31 heavy (non-hydrogen) atoms. The molecule has 10 nitrogen and oxygen atoms in total. The Bertz CT molecular complexity index is 915. The fourth-order valence-electron chi connectivity index (χ4n) is 4.27. The van der Waals surface area contributed by atoms with E-state index in [2.05, 4.69) is 5.32 Å². The second-order valence-corrected chi connectivity index (χ2v) is 7.87. The van der Waals surface area contributed by atoms with E-state index in [1.54, 1.807) is 23.7 Å². The predicted octanol–water partition coefficient (Wildman–Crippen LogP) is 0.472. The number of imide groups is 1. The van der Waals surface area contributed by atoms with Gasteiger partial charge in [0.1, 0.15) is 6.04 Å². The number of nitrogens with two attached hydrogens (primary N) is 1. The van der Waals surface area contributed by atoms with Gasteiger partial charge >= 0.3 is 0 Å². The topological polar surface area (TPSA) is 159 Å². The molecule has 0 saturated carbocycles. The van der Waals surface area contributed by atoms with Crippen LogP contribution >= 0.6 is 0 Å². The SMILES string of the molecule is NC(=O)CCCCCC(C(=O)NO)c1cccc2c1CN(C1CCC(=O)NC1=O)C2=O. The number of amides is 5. The van der Waals surface area contributed by atoms with Gasteiger partial charge in [0, 0.05) is 24.9 Å². The molecule has 2 aliphatic rings. The maximum Gasteiger partial charge on any atom is 0.255 e. The lowest BCUT2D eigenvalue weighted by molar-refractivity contribution is -0.137. The molecule has 5 amide bonds. The number of unbranched alkanes of at least 4 members (excludes halogenated alkanes) is 2. The minimum Gasteiger partial charge on any atom is -0.370 e. The number of rotatable bonds is 9. The lowest BCUT2D eigenvalue weighted by Gasteiger charge is -2.29. The molecule has 2 atom stereocenters. The van der Waals surface area contributed by atoms with Crippen LogP contribution in [0.15, 0.2) is 18.2 Å². The van der Waals surface area contributed by atoms with Crippen LogP contribution in [0.2, 0.25) is 0 Å². The second-order valence-electron chi connectivity index (χ2n) is 7.87. The summed E-state index contributed by atoms with van der Waals surface area (Å²) in [4.78, 5) is 61.4. The molecular weight excluding hydrogens is 404 g/mol. The van der Waals surface area contributed by atoms with Crippen molar-refractivity contribution in [1.82, 2.24) is 15.7 Å². The van der Waals surface area contributed by atoms with Gasteiger partial charge in [0.25, 0.3) is 11.8 Å². The first-order valence-corrected chi connectivity index (χ1v) is 10.3. The molecule has 3 rings (SSSR count). The minimum absolute atomic E-state index is 0.146. The van der Waals surface area contributed by atoms with E-state index in [4.69, 9.17) is 5.73 Å². The van der Waals surface area contributed by atoms with Crippen molar-refractivity contribution >= 4 is 29.5 Å². The van der Waals surface area contributed by atoms with Crippen molar-refractivity contribution in [2.75, 3.05) is 0 Å². The number of primary amides is 1. The lowest BCUT2D eigenvalue weighted by Crippen LogP contribution is -2.52. The molecule has 5 N–H and O–H groups in total. The molecule has 1 saturated heterocycles. The average molecular weight is 430 g/mol. The molecule has 1 aromatic carbocycles. The summed E-state index contributed by atoms with van der Waals surface area (Å²) in [7, 11) is 0. The number of carbonyl (C=O) groups is 5. The van der Waals surface area contributed by atoms with Crippen molar-refractivity contribution in [3.05, 3.63) is 34.9 Å². The molecule has 2 unspecified atom stereocenters. The average Bonchev–Trinajstić information content (AvgIpc) is 3.07. The normalized spacial score (nSPS) is 19.1. The second kappa shape index (κ2) is 9.69. The van der Waals surface area contributed by atoms with E-state index in [1.807, 2.05) is 0 Å². The van der Waals surface area contributed by atoms with Gasteiger partial charge in [-0.15, -0.1) is 0 Å². The Morgan fingerprint density at radius 2 is 2.00 bits per heavy atom. The number of hydroxylamine groups is 1. The maximum absolute atomic E-state index is 13.0. The van der Waals surface area contributed by atoms with Crippen molar-refractivity contribution in [1.29, 1.82) is 0 Å². The number of piperidine rings is 1. The molecule has 1 fully saturated rings. The summed E-state index contributed by atoms with van der Waals surface area (Å²) in [6.07, 6.45) is 3.01. The molecule has 2 aliphatic heterocycles. The minimum atomic E-state index is -0.746. The number of hydrogen-bond donors (Lipinski definition) is 4. The van der Waals surface area contributed by atoms with Gasteiger partial charge in [-0.25, -0.2) is 5.48 Å². The standard InChI is InChI=1S/C21H26N4O6/c22-17(26)8-3-1-2-5-13(19(28)24-31)12-6-4-7-14-15(12)11-25(21(14)30)16-9-10-18(27)23-20(16)29/h4,6-7,13,16,31H,1-3,5,8-11H2,(H2,22,26)(H,24,28)(H,23,27,29). The zero-order valence-corrected chi connectivity index (χ0v) is 17.1. The molecular formula is C21H26N4O6. The lowest BCUT2D eigenvalue weighted by atomic mass is 9.87. The quantitative estimate of drug-likeness (QED) is 0.193. The highest BCUT2D eigenvalue weighted by atomic mass is 16.5. The van der Waals surface area contributed by atoms with Gasteiger partial charge < -0.3 is 10.6 Å². The van der Waals surface area contributed by atoms with Gasteiger partial charge in [0.15, 0.2) is 0 Å². The number of fused-ring (bicyclic) bond motifs is 1. The van der Waals surface area contributed by atoms with Gasteiger partial charge in [-0.2, -0.15) is 0 Å². The van der Waals surface area contributed by atoms with Crippen molar-refractivity contribution in [3.63, 3.8) is 0 Å². The number of nitrogens with zero attached hydrogens (tertiary/aromatic N) is 1. The Hall–Kier alpha value is -3.27. The van der Waals surface area contributed by atoms with Crippen LogP contribution in [0.1, 0.15) is 72.3 Å². The molecule has 0 bridgehead atoms. The van der Waals surface area contributed by atoms with Crippen molar-refractivity contribution < 1.29 is 29.2 Å². The van der Waals surface area contributed by atoms with Gasteiger partial charge in [-0.3, -0.25) is 34.5 Å². The van der Waals surface area contributed by atoms with Gasteiger partial charge in [-0.1, -0.05) is 25.0 Å². The van der Waals surface area contributed by atoms with E-state index in [1.165, 1.54) is 4.90 Å². The number of carbonyl (C=O) groups excluding carboxylic acids is 5. The van der Waals surface area contributed by atoms with Crippen LogP contribution in [0.5, 0.6) is 0 Å². The molecule has 1 aromatic rings. The van der Waals surface area contributed by atoms with E-state index in [0.29, 0.717) is 42.4 Å². The van der Waals surface area contributed by atoms with Crippen LogP contribution in [0.3, 0.4) is 0 Å². The third kappa shape index (κ3) is 4.91. The van der Waals surface area contributed by atoms with Crippen LogP contribution in [0, 0.1) is 0 Å². The Morgan fingerprint density at radius 1 is 1.23 bits per heavy atom. The number of hydrogen-bond acceptors (Lipinski definition) is 6. The van der Waals surface area contributed by atoms with E-state index in [0.717, 1.165) is 0 Å². The first-order valence-electron chi connectivity index (χ1n) is 10.3. The van der Waals surface area contributed by atoms with Gasteiger partial charge in [0.2, 0.25) is 17.7 Å². The first kappa shape index (κ1) is 22.4. The molecule has 166 valence electrons. The Kier molecular flexibility index (Phi) is 7.01. The fraction of sp³-hybridized carbons (Fsp3) is 0.476. The molecule has 0 radical (unpaired) electrons. The predicted molar refractivity (Wildman–Crippen MR) is 107 cm³/mol. The van der Waals surface area contributed by atoms with Gasteiger partial charge in [0.05, 0.1) is 5.92 Å². The summed E-state index contributed by atoms with van der Waals surface area (Å²) in [6.45, 7) is 0.146. The summed E-state index contributed by atoms with van der Waals surface area (Å²) in [5, 5.41) is 11.5. The Morgan fingerprint density at radius 3 is 2.68 bits per heavy atom. The fourth-order valence-corrected chi connectivity index (χ4v) is 4.27. The zero-order chi connectivity index (χ0) is 22.5. The summed E-state index contributed by atoms with van der Waals surface area (Å²) >= 11 is 0. The van der Waals surface area contributed by atoms with E-state index < -0.39 is 23.8 Å². The molecule has 0 aromatic heterocycles. The molecule has 10 heteroatoms. The Labute approximate surface area is 179 Å². The summed E-state index contributed by atoms with van der Waals surface area (Å²) in [5.41, 5.74) is 8.50. The van der Waals surface area contributed by atoms with Crippen LogP contribution in [0.4, 0.5) is 0 Å². The maximum atomic E-state index is 13.0. The summed E-state index contributed by atoms with van der Waals surface area (Å²) in [5.74, 6) is -2.84.